The summed E-state index contributed by atoms with van der Waals surface area (Å²) in [5.41, 5.74) is 5.16. The van der Waals surface area contributed by atoms with Crippen LogP contribution in [-0.4, -0.2) is 30.1 Å². The van der Waals surface area contributed by atoms with E-state index in [4.69, 9.17) is 9.84 Å². The van der Waals surface area contributed by atoms with Gasteiger partial charge in [-0.3, -0.25) is 0 Å². The molecule has 0 bridgehead atoms. The van der Waals surface area contributed by atoms with E-state index in [9.17, 15) is 0 Å². The number of anilines is 1. The third-order valence-electron chi connectivity index (χ3n) is 5.19. The van der Waals surface area contributed by atoms with Gasteiger partial charge in [0.2, 0.25) is 5.88 Å². The van der Waals surface area contributed by atoms with Crippen molar-refractivity contribution >= 4 is 11.7 Å². The minimum Gasteiger partial charge on any atom is -0.481 e. The molecule has 152 valence electrons. The van der Waals surface area contributed by atoms with Gasteiger partial charge in [0.1, 0.15) is 17.7 Å². The summed E-state index contributed by atoms with van der Waals surface area (Å²) in [6.07, 6.45) is 6.31. The van der Waals surface area contributed by atoms with Gasteiger partial charge in [-0.1, -0.05) is 66.7 Å². The highest BCUT2D eigenvalue weighted by Crippen LogP contribution is 2.41. The Morgan fingerprint density at radius 2 is 1.70 bits per heavy atom. The molecule has 0 fully saturated rings. The molecule has 0 saturated carbocycles. The van der Waals surface area contributed by atoms with Crippen molar-refractivity contribution in [3.63, 3.8) is 0 Å². The summed E-state index contributed by atoms with van der Waals surface area (Å²) in [6.45, 7) is 6.09. The Labute approximate surface area is 177 Å². The first-order valence-corrected chi connectivity index (χ1v) is 9.95. The predicted octanol–water partition coefficient (Wildman–Crippen LogP) is 5.12. The van der Waals surface area contributed by atoms with Gasteiger partial charge in [-0.05, 0) is 31.2 Å². The van der Waals surface area contributed by atoms with Crippen LogP contribution in [0, 0.1) is 0 Å². The van der Waals surface area contributed by atoms with Crippen molar-refractivity contribution in [1.82, 2.24) is 15.1 Å². The van der Waals surface area contributed by atoms with Crippen molar-refractivity contribution in [2.24, 2.45) is 0 Å². The zero-order valence-electron chi connectivity index (χ0n) is 17.5. The lowest BCUT2D eigenvalue weighted by atomic mass is 10.00. The highest BCUT2D eigenvalue weighted by atomic mass is 16.5. The fourth-order valence-corrected chi connectivity index (χ4v) is 3.62. The van der Waals surface area contributed by atoms with E-state index in [0.717, 1.165) is 33.9 Å². The number of benzene rings is 2. The highest BCUT2D eigenvalue weighted by Gasteiger charge is 2.30. The molecule has 5 nitrogen and oxygen atoms in total. The van der Waals surface area contributed by atoms with Crippen LogP contribution >= 0.6 is 0 Å². The van der Waals surface area contributed by atoms with Crippen molar-refractivity contribution in [1.29, 1.82) is 0 Å². The first-order valence-electron chi connectivity index (χ1n) is 9.95. The normalized spacial score (nSPS) is 15.3. The Kier molecular flexibility index (Phi) is 5.44. The molecule has 1 aromatic heterocycles. The average molecular weight is 399 g/mol. The minimum atomic E-state index is 0.0439. The molecule has 5 heteroatoms. The smallest absolute Gasteiger partial charge is 0.208 e. The van der Waals surface area contributed by atoms with Crippen LogP contribution in [0.15, 0.2) is 91.2 Å². The van der Waals surface area contributed by atoms with Crippen LogP contribution in [0.4, 0.5) is 5.82 Å². The Morgan fingerprint density at radius 1 is 1.10 bits per heavy atom. The highest BCUT2D eigenvalue weighted by molar-refractivity contribution is 5.90. The number of hydrogen-bond acceptors (Lipinski definition) is 4. The quantitative estimate of drug-likeness (QED) is 0.561. The zero-order valence-corrected chi connectivity index (χ0v) is 17.5. The number of ether oxygens (including phenoxy) is 1. The van der Waals surface area contributed by atoms with E-state index in [1.807, 2.05) is 49.4 Å². The first-order chi connectivity index (χ1) is 14.6. The number of hydrogen-bond donors (Lipinski definition) is 1. The Morgan fingerprint density at radius 3 is 2.27 bits per heavy atom. The number of aromatic nitrogens is 2. The summed E-state index contributed by atoms with van der Waals surface area (Å²) in [5, 5.41) is 8.41. The van der Waals surface area contributed by atoms with Gasteiger partial charge in [-0.15, -0.1) is 0 Å². The molecule has 3 aromatic rings. The second kappa shape index (κ2) is 8.33. The molecule has 30 heavy (non-hydrogen) atoms. The van der Waals surface area contributed by atoms with Gasteiger partial charge in [-0.2, -0.15) is 9.78 Å². The molecule has 0 spiro atoms. The lowest BCUT2D eigenvalue weighted by Crippen LogP contribution is -2.49. The Bertz CT molecular complexity index is 1100. The van der Waals surface area contributed by atoms with E-state index in [1.54, 1.807) is 11.8 Å². The van der Waals surface area contributed by atoms with Crippen molar-refractivity contribution in [2.45, 2.75) is 13.1 Å². The largest absolute Gasteiger partial charge is 0.481 e. The van der Waals surface area contributed by atoms with Gasteiger partial charge in [0.15, 0.2) is 0 Å². The van der Waals surface area contributed by atoms with E-state index in [-0.39, 0.29) is 6.17 Å². The summed E-state index contributed by atoms with van der Waals surface area (Å²) in [5.74, 6) is 1.38. The number of allylic oxidation sites excluding steroid dienone is 2. The number of likely N-dealkylation sites (N-methyl/N-ethyl adjacent to an activating group) is 1. The average Bonchev–Trinajstić information content (AvgIpc) is 3.17. The first kappa shape index (κ1) is 19.6. The van der Waals surface area contributed by atoms with Crippen molar-refractivity contribution in [3.8, 4) is 22.4 Å². The molecule has 4 rings (SSSR count). The molecule has 1 aliphatic rings. The fraction of sp³-hybridized carbons (Fsp3) is 0.160. The van der Waals surface area contributed by atoms with Crippen LogP contribution in [0.25, 0.3) is 28.3 Å². The third kappa shape index (κ3) is 3.50. The topological polar surface area (TPSA) is 42.3 Å². The van der Waals surface area contributed by atoms with Gasteiger partial charge in [-0.25, -0.2) is 0 Å². The van der Waals surface area contributed by atoms with Gasteiger partial charge in [0.25, 0.3) is 0 Å². The van der Waals surface area contributed by atoms with E-state index in [1.165, 1.54) is 0 Å². The number of nitrogens with one attached hydrogen (secondary N) is 1. The molecular weight excluding hydrogens is 372 g/mol. The summed E-state index contributed by atoms with van der Waals surface area (Å²) in [4.78, 5) is 2.17. The maximum Gasteiger partial charge on any atom is 0.208 e. The van der Waals surface area contributed by atoms with Gasteiger partial charge in [0.05, 0.1) is 12.7 Å². The molecular formula is C25H26N4O. The van der Waals surface area contributed by atoms with E-state index in [2.05, 4.69) is 60.3 Å². The zero-order chi connectivity index (χ0) is 21.1. The molecule has 1 atom stereocenters. The maximum absolute atomic E-state index is 5.49. The lowest BCUT2D eigenvalue weighted by Gasteiger charge is -2.36. The van der Waals surface area contributed by atoms with Crippen LogP contribution in [-0.2, 0) is 4.74 Å². The third-order valence-corrected chi connectivity index (χ3v) is 5.19. The van der Waals surface area contributed by atoms with E-state index < -0.39 is 0 Å². The minimum absolute atomic E-state index is 0.0439. The van der Waals surface area contributed by atoms with E-state index >= 15 is 0 Å². The molecule has 0 radical (unpaired) electrons. The summed E-state index contributed by atoms with van der Waals surface area (Å²) >= 11 is 0. The molecule has 1 unspecified atom stereocenters. The van der Waals surface area contributed by atoms with Crippen LogP contribution < -0.4 is 10.2 Å². The molecule has 2 aromatic carbocycles. The second-order valence-electron chi connectivity index (χ2n) is 7.11. The van der Waals surface area contributed by atoms with Gasteiger partial charge >= 0.3 is 0 Å². The maximum atomic E-state index is 5.49. The predicted molar refractivity (Wildman–Crippen MR) is 124 cm³/mol. The van der Waals surface area contributed by atoms with Crippen molar-refractivity contribution in [3.05, 3.63) is 91.2 Å². The number of nitrogens with zero attached hydrogens (tertiary/aromatic N) is 3. The summed E-state index contributed by atoms with van der Waals surface area (Å²) < 4.78 is 7.28. The van der Waals surface area contributed by atoms with Crippen LogP contribution in [0.3, 0.4) is 0 Å². The molecule has 0 amide bonds. The number of rotatable bonds is 7. The summed E-state index contributed by atoms with van der Waals surface area (Å²) in [7, 11) is 3.67. The monoisotopic (exact) mass is 398 g/mol. The van der Waals surface area contributed by atoms with Crippen molar-refractivity contribution in [2.75, 3.05) is 19.1 Å². The SMILES string of the molecule is C=C(OC)n1nc(-c2ccccc2)c(-c2ccccc2)c1N(C)C1C=C(/C=C\C)N1. The van der Waals surface area contributed by atoms with Crippen LogP contribution in [0.2, 0.25) is 0 Å². The van der Waals surface area contributed by atoms with Crippen LogP contribution in [0.5, 0.6) is 0 Å². The molecule has 0 aliphatic carbocycles. The Balaban J connectivity index is 1.93. The molecule has 0 saturated heterocycles. The molecule has 1 N–H and O–H groups in total. The number of methoxy groups -OCH3 is 1. The van der Waals surface area contributed by atoms with Gasteiger partial charge in [0, 0.05) is 18.3 Å². The van der Waals surface area contributed by atoms with Gasteiger partial charge < -0.3 is 15.0 Å². The standard InChI is InChI=1S/C25H26N4O/c1-5-12-21-17-22(26-21)28(3)25-23(19-13-8-6-9-14-19)24(20-15-10-7-11-16-20)27-29(25)18(2)30-4/h5-17,22,26H,2H2,1,3-4H3/b12-5-. The Hall–Kier alpha value is -3.73. The molecule has 2 heterocycles. The summed E-state index contributed by atoms with van der Waals surface area (Å²) in [6, 6.07) is 20.5. The van der Waals surface area contributed by atoms with Crippen LogP contribution in [0.1, 0.15) is 6.92 Å². The second-order valence-corrected chi connectivity index (χ2v) is 7.11. The lowest BCUT2D eigenvalue weighted by molar-refractivity contribution is 0.338. The molecule has 1 aliphatic heterocycles. The van der Waals surface area contributed by atoms with Crippen molar-refractivity contribution < 1.29 is 4.74 Å². The fourth-order valence-electron chi connectivity index (χ4n) is 3.62. The van der Waals surface area contributed by atoms with E-state index in [0.29, 0.717) is 5.88 Å².